The second-order valence-corrected chi connectivity index (χ2v) is 13.0. The number of benzene rings is 2. The number of hydrogen-bond donors (Lipinski definition) is 7. The van der Waals surface area contributed by atoms with Crippen molar-refractivity contribution in [3.63, 3.8) is 0 Å². The van der Waals surface area contributed by atoms with Crippen molar-refractivity contribution in [1.82, 2.24) is 0 Å². The number of phenols is 2. The third-order valence-corrected chi connectivity index (χ3v) is 10.6. The zero-order chi connectivity index (χ0) is 37.6. The molecular weight excluding hydrogens is 676 g/mol. The Bertz CT molecular complexity index is 1970. The van der Waals surface area contributed by atoms with Crippen LogP contribution in [0.25, 0.3) is 0 Å². The smallest absolute Gasteiger partial charge is 0.342 e. The van der Waals surface area contributed by atoms with E-state index in [2.05, 4.69) is 4.99 Å². The summed E-state index contributed by atoms with van der Waals surface area (Å²) in [5.74, 6) is -9.03. The highest BCUT2D eigenvalue weighted by atomic mass is 16.6. The fraction of sp³-hybridized carbons (Fsp3) is 0.471. The van der Waals surface area contributed by atoms with Crippen molar-refractivity contribution < 1.29 is 73.6 Å². The van der Waals surface area contributed by atoms with E-state index in [1.54, 1.807) is 6.92 Å². The molecule has 1 heterocycles. The van der Waals surface area contributed by atoms with E-state index in [4.69, 9.17) is 24.7 Å². The predicted octanol–water partition coefficient (Wildman–Crippen LogP) is -0.717. The monoisotopic (exact) mass is 712 g/mol. The maximum atomic E-state index is 14.6. The standard InChI is InChI=1S/C34H36N2O15/c1-10-19(32(46)49-4)27(43)22-14(23(10)35)7-18(39)34(50-5)30(45)21-13(29(44)33(22,34)47)6-12-20(26(21)42)17(38)8-16(24(12)40)36-31-15(9-37)25(41)28(48-3)11(2)51-31/h6,11,15,18,25,28,31,37,39,41-43,47H,7-9,35H2,1-5H3/t11-,15+,18+,25-,28-,31-,33-,34+/m0/s1. The van der Waals surface area contributed by atoms with Crippen LogP contribution in [-0.4, -0.2) is 130 Å². The van der Waals surface area contributed by atoms with E-state index < -0.39 is 147 Å². The van der Waals surface area contributed by atoms with Gasteiger partial charge in [-0.25, -0.2) is 4.79 Å². The molecule has 2 aromatic rings. The van der Waals surface area contributed by atoms with Gasteiger partial charge in [0, 0.05) is 43.0 Å². The van der Waals surface area contributed by atoms with Gasteiger partial charge in [0.15, 0.2) is 23.2 Å². The number of carbonyl (C=O) groups excluding carboxylic acids is 5. The topological polar surface area (TPSA) is 282 Å². The average molecular weight is 713 g/mol. The van der Waals surface area contributed by atoms with Crippen molar-refractivity contribution in [2.45, 2.75) is 68.5 Å². The molecule has 8 N–H and O–H groups in total. The molecule has 1 aliphatic heterocycles. The molecule has 8 atom stereocenters. The number of fused-ring (bicyclic) bond motifs is 5. The molecule has 6 rings (SSSR count). The molecule has 0 aromatic heterocycles. The highest BCUT2D eigenvalue weighted by Gasteiger charge is 2.73. The number of rotatable bonds is 5. The summed E-state index contributed by atoms with van der Waals surface area (Å²) in [4.78, 5) is 73.6. The highest BCUT2D eigenvalue weighted by molar-refractivity contribution is 6.53. The Morgan fingerprint density at radius 3 is 2.31 bits per heavy atom. The molecule has 0 unspecified atom stereocenters. The van der Waals surface area contributed by atoms with Gasteiger partial charge in [0.05, 0.1) is 61.2 Å². The number of hydrogen-bond acceptors (Lipinski definition) is 17. The van der Waals surface area contributed by atoms with Crippen LogP contribution in [0.5, 0.6) is 11.5 Å². The van der Waals surface area contributed by atoms with E-state index in [1.807, 2.05) is 0 Å². The second-order valence-electron chi connectivity index (χ2n) is 13.0. The van der Waals surface area contributed by atoms with Gasteiger partial charge in [-0.15, -0.1) is 0 Å². The van der Waals surface area contributed by atoms with Gasteiger partial charge in [-0.3, -0.25) is 24.2 Å². The summed E-state index contributed by atoms with van der Waals surface area (Å²) in [6.07, 6.45) is -7.54. The molecule has 0 saturated carbocycles. The molecule has 0 amide bonds. The van der Waals surface area contributed by atoms with Crippen LogP contribution in [0.4, 0.5) is 5.69 Å². The van der Waals surface area contributed by atoms with Gasteiger partial charge in [-0.2, -0.15) is 0 Å². The first-order valence-electron chi connectivity index (χ1n) is 15.8. The van der Waals surface area contributed by atoms with E-state index in [0.717, 1.165) is 20.3 Å². The lowest BCUT2D eigenvalue weighted by Gasteiger charge is -2.53. The van der Waals surface area contributed by atoms with Crippen LogP contribution < -0.4 is 5.73 Å². The van der Waals surface area contributed by atoms with Crippen LogP contribution in [0.1, 0.15) is 81.8 Å². The molecular formula is C34H36N2O15. The molecule has 0 spiro atoms. The molecule has 1 fully saturated rings. The minimum atomic E-state index is -3.33. The quantitative estimate of drug-likeness (QED) is 0.114. The molecule has 17 nitrogen and oxygen atoms in total. The zero-order valence-corrected chi connectivity index (χ0v) is 28.0. The van der Waals surface area contributed by atoms with Crippen molar-refractivity contribution in [2.75, 3.05) is 33.7 Å². The third-order valence-electron chi connectivity index (χ3n) is 10.6. The number of aromatic hydroxyl groups is 2. The van der Waals surface area contributed by atoms with E-state index in [1.165, 1.54) is 14.0 Å². The van der Waals surface area contributed by atoms with E-state index in [9.17, 15) is 54.6 Å². The molecule has 0 bridgehead atoms. The Morgan fingerprint density at radius 1 is 1.06 bits per heavy atom. The number of nitrogens with two attached hydrogens (primary N) is 1. The zero-order valence-electron chi connectivity index (χ0n) is 28.0. The van der Waals surface area contributed by atoms with Crippen molar-refractivity contribution in [2.24, 2.45) is 10.9 Å². The van der Waals surface area contributed by atoms with Gasteiger partial charge in [-0.1, -0.05) is 0 Å². The van der Waals surface area contributed by atoms with E-state index >= 15 is 0 Å². The number of aliphatic imine (C=N–C) groups is 1. The van der Waals surface area contributed by atoms with Gasteiger partial charge in [0.1, 0.15) is 23.2 Å². The van der Waals surface area contributed by atoms with Crippen molar-refractivity contribution in [1.29, 1.82) is 0 Å². The molecule has 17 heteroatoms. The summed E-state index contributed by atoms with van der Waals surface area (Å²) in [6, 6.07) is 0.803. The lowest BCUT2D eigenvalue weighted by molar-refractivity contribution is -0.206. The Morgan fingerprint density at radius 2 is 1.73 bits per heavy atom. The average Bonchev–Trinajstić information content (AvgIpc) is 3.08. The van der Waals surface area contributed by atoms with Crippen LogP contribution in [0.2, 0.25) is 0 Å². The summed E-state index contributed by atoms with van der Waals surface area (Å²) in [6.45, 7) is 2.28. The van der Waals surface area contributed by atoms with Gasteiger partial charge in [0.25, 0.3) is 0 Å². The second kappa shape index (κ2) is 12.3. The summed E-state index contributed by atoms with van der Waals surface area (Å²) >= 11 is 0. The Labute approximate surface area is 289 Å². The number of aliphatic hydroxyl groups is 4. The highest BCUT2D eigenvalue weighted by Crippen LogP contribution is 2.57. The molecule has 51 heavy (non-hydrogen) atoms. The van der Waals surface area contributed by atoms with Gasteiger partial charge in [-0.05, 0) is 31.0 Å². The van der Waals surface area contributed by atoms with Crippen molar-refractivity contribution >= 4 is 40.5 Å². The van der Waals surface area contributed by atoms with E-state index in [0.29, 0.717) is 0 Å². The predicted molar refractivity (Wildman–Crippen MR) is 171 cm³/mol. The van der Waals surface area contributed by atoms with Crippen LogP contribution >= 0.6 is 0 Å². The molecule has 0 radical (unpaired) electrons. The summed E-state index contributed by atoms with van der Waals surface area (Å²) < 4.78 is 21.3. The summed E-state index contributed by atoms with van der Waals surface area (Å²) in [7, 11) is 3.23. The first kappa shape index (κ1) is 36.2. The number of Topliss-reactive ketones (excluding diaryl/α,β-unsaturated/α-hetero) is 4. The number of nitrogen functional groups attached to an aromatic ring is 1. The molecule has 4 aliphatic rings. The Balaban J connectivity index is 1.57. The Kier molecular flexibility index (Phi) is 8.70. The first-order chi connectivity index (χ1) is 24.0. The molecule has 1 saturated heterocycles. The lowest BCUT2D eigenvalue weighted by atomic mass is 9.56. The largest absolute Gasteiger partial charge is 0.507 e. The number of methoxy groups -OCH3 is 3. The fourth-order valence-electron chi connectivity index (χ4n) is 8.03. The Hall–Kier alpha value is -4.62. The van der Waals surface area contributed by atoms with Crippen LogP contribution in [0.3, 0.4) is 0 Å². The first-order valence-corrected chi connectivity index (χ1v) is 15.8. The van der Waals surface area contributed by atoms with Gasteiger partial charge >= 0.3 is 5.97 Å². The number of ether oxygens (including phenoxy) is 4. The van der Waals surface area contributed by atoms with Crippen molar-refractivity contribution in [3.8, 4) is 11.5 Å². The van der Waals surface area contributed by atoms with Crippen molar-refractivity contribution in [3.05, 3.63) is 50.6 Å². The summed E-state index contributed by atoms with van der Waals surface area (Å²) in [5, 5.41) is 67.7. The van der Waals surface area contributed by atoms with Crippen LogP contribution in [0, 0.1) is 12.8 Å². The van der Waals surface area contributed by atoms with Crippen LogP contribution in [0.15, 0.2) is 11.1 Å². The maximum Gasteiger partial charge on any atom is 0.342 e. The third kappa shape index (κ3) is 4.52. The molecule has 2 aromatic carbocycles. The minimum absolute atomic E-state index is 0.0125. The number of carbonyl (C=O) groups is 5. The number of nitrogens with zero attached hydrogens (tertiary/aromatic N) is 1. The maximum absolute atomic E-state index is 14.6. The normalized spacial score (nSPS) is 32.3. The molecule has 3 aliphatic carbocycles. The number of aliphatic hydroxyl groups excluding tert-OH is 3. The number of anilines is 1. The molecule has 272 valence electrons. The van der Waals surface area contributed by atoms with Gasteiger partial charge < -0.3 is 55.3 Å². The number of esters is 1. The SMILES string of the molecule is COC(=O)c1c(C)c(N)c2c(c1O)[C@]1(O)C(=O)c3cc4c(c(O)c3C(=O)[C@]1(OC)[C@H](O)C2)C(=O)CC(=N[C@H]1O[C@@H](C)[C@H](OC)[C@@H](O)[C@H]1CO)C4=O. The van der Waals surface area contributed by atoms with Crippen LogP contribution in [-0.2, 0) is 31.0 Å². The minimum Gasteiger partial charge on any atom is -0.507 e. The van der Waals surface area contributed by atoms with E-state index in [-0.39, 0.29) is 16.8 Å². The fourth-order valence-corrected chi connectivity index (χ4v) is 8.03. The van der Waals surface area contributed by atoms with Gasteiger partial charge in [0.2, 0.25) is 17.3 Å². The number of ketones is 4. The number of phenolic OH excluding ortho intramolecular Hbond substituents is 2. The summed E-state index contributed by atoms with van der Waals surface area (Å²) in [5.41, 5.74) is -5.00. The lowest BCUT2D eigenvalue weighted by Crippen LogP contribution is -2.73.